The molecule has 2 rings (SSSR count). The van der Waals surface area contributed by atoms with Gasteiger partial charge in [0.15, 0.2) is 5.17 Å². The molecule has 0 amide bonds. The number of hydrogen-bond donors (Lipinski definition) is 1. The molecule has 4 nitrogen and oxygen atoms in total. The molecule has 0 saturated heterocycles. The van der Waals surface area contributed by atoms with Gasteiger partial charge in [-0.2, -0.15) is 5.10 Å². The highest BCUT2D eigenvalue weighted by Crippen LogP contribution is 2.11. The summed E-state index contributed by atoms with van der Waals surface area (Å²) in [6.07, 6.45) is 3.12. The summed E-state index contributed by atoms with van der Waals surface area (Å²) in [7, 11) is 0. The van der Waals surface area contributed by atoms with Crippen molar-refractivity contribution >= 4 is 22.6 Å². The minimum atomic E-state index is 0.565. The van der Waals surface area contributed by atoms with Gasteiger partial charge >= 0.3 is 0 Å². The number of nitrogens with zero attached hydrogens (tertiary/aromatic N) is 2. The number of thioether (sulfide) groups is 1. The minimum Gasteiger partial charge on any atom is -0.377 e. The van der Waals surface area contributed by atoms with Gasteiger partial charge in [-0.3, -0.25) is 0 Å². The van der Waals surface area contributed by atoms with Gasteiger partial charge in [-0.25, -0.2) is 0 Å². The van der Waals surface area contributed by atoms with E-state index in [1.54, 1.807) is 11.8 Å². The molecule has 0 spiro atoms. The maximum absolute atomic E-state index is 5.63. The Bertz CT molecular complexity index is 445. The van der Waals surface area contributed by atoms with Gasteiger partial charge in [0.1, 0.15) is 0 Å². The average molecular weight is 277 g/mol. The Hall–Kier alpha value is -1.33. The third-order valence-corrected chi connectivity index (χ3v) is 3.65. The first-order valence-corrected chi connectivity index (χ1v) is 7.46. The predicted molar refractivity (Wildman–Crippen MR) is 81.5 cm³/mol. The van der Waals surface area contributed by atoms with Gasteiger partial charge in [0.25, 0.3) is 0 Å². The van der Waals surface area contributed by atoms with E-state index in [4.69, 9.17) is 10.5 Å². The van der Waals surface area contributed by atoms with Crippen LogP contribution in [0.1, 0.15) is 24.8 Å². The fraction of sp³-hybridized carbons (Fsp3) is 0.429. The highest BCUT2D eigenvalue weighted by molar-refractivity contribution is 8.14. The molecule has 0 aliphatic carbocycles. The second kappa shape index (κ2) is 7.96. The van der Waals surface area contributed by atoms with Crippen LogP contribution in [0, 0.1) is 0 Å². The summed E-state index contributed by atoms with van der Waals surface area (Å²) in [4.78, 5) is 0. The molecule has 0 atom stereocenters. The molecule has 0 saturated carbocycles. The molecule has 0 radical (unpaired) electrons. The summed E-state index contributed by atoms with van der Waals surface area (Å²) in [5, 5.41) is 8.54. The molecule has 0 unspecified atom stereocenters. The fourth-order valence-electron chi connectivity index (χ4n) is 1.75. The van der Waals surface area contributed by atoms with Crippen molar-refractivity contribution in [2.75, 3.05) is 12.4 Å². The SMILES string of the molecule is NC1=NN=C(CCCCOCc2ccccc2)CS1. The zero-order valence-corrected chi connectivity index (χ0v) is 11.7. The molecular formula is C14H19N3OS. The zero-order chi connectivity index (χ0) is 13.3. The van der Waals surface area contributed by atoms with Crippen LogP contribution in [0.4, 0.5) is 0 Å². The number of ether oxygens (including phenoxy) is 1. The summed E-state index contributed by atoms with van der Waals surface area (Å²) in [6.45, 7) is 1.49. The van der Waals surface area contributed by atoms with Gasteiger partial charge in [0.05, 0.1) is 12.3 Å². The predicted octanol–water partition coefficient (Wildman–Crippen LogP) is 2.79. The minimum absolute atomic E-state index is 0.565. The molecule has 2 N–H and O–H groups in total. The van der Waals surface area contributed by atoms with E-state index in [9.17, 15) is 0 Å². The Morgan fingerprint density at radius 1 is 1.16 bits per heavy atom. The van der Waals surface area contributed by atoms with Gasteiger partial charge in [-0.05, 0) is 24.8 Å². The topological polar surface area (TPSA) is 60.0 Å². The van der Waals surface area contributed by atoms with E-state index in [2.05, 4.69) is 22.3 Å². The van der Waals surface area contributed by atoms with Gasteiger partial charge in [0.2, 0.25) is 0 Å². The number of rotatable bonds is 7. The monoisotopic (exact) mass is 277 g/mol. The summed E-state index contributed by atoms with van der Waals surface area (Å²) in [5.41, 5.74) is 7.88. The third-order valence-electron chi connectivity index (χ3n) is 2.79. The highest BCUT2D eigenvalue weighted by Gasteiger charge is 2.07. The lowest BCUT2D eigenvalue weighted by Crippen LogP contribution is -2.15. The Labute approximate surface area is 118 Å². The van der Waals surface area contributed by atoms with Gasteiger partial charge in [0, 0.05) is 12.4 Å². The Balaban J connectivity index is 1.53. The van der Waals surface area contributed by atoms with E-state index in [1.165, 1.54) is 5.56 Å². The van der Waals surface area contributed by atoms with Crippen LogP contribution in [0.3, 0.4) is 0 Å². The third kappa shape index (κ3) is 5.44. The van der Waals surface area contributed by atoms with E-state index in [-0.39, 0.29) is 0 Å². The van der Waals surface area contributed by atoms with E-state index in [0.717, 1.165) is 37.3 Å². The van der Waals surface area contributed by atoms with Crippen LogP contribution < -0.4 is 5.73 Å². The maximum Gasteiger partial charge on any atom is 0.180 e. The van der Waals surface area contributed by atoms with Crippen molar-refractivity contribution in [2.24, 2.45) is 15.9 Å². The molecule has 102 valence electrons. The molecule has 5 heteroatoms. The second-order valence-electron chi connectivity index (χ2n) is 4.39. The molecule has 0 fully saturated rings. The van der Waals surface area contributed by atoms with Crippen LogP contribution in [0.2, 0.25) is 0 Å². The lowest BCUT2D eigenvalue weighted by Gasteiger charge is -2.08. The Morgan fingerprint density at radius 2 is 2.00 bits per heavy atom. The van der Waals surface area contributed by atoms with Crippen molar-refractivity contribution in [3.05, 3.63) is 35.9 Å². The van der Waals surface area contributed by atoms with Crippen LogP contribution in [-0.4, -0.2) is 23.2 Å². The summed E-state index contributed by atoms with van der Waals surface area (Å²) >= 11 is 1.56. The molecule has 0 aromatic heterocycles. The van der Waals surface area contributed by atoms with Gasteiger partial charge < -0.3 is 10.5 Å². The molecule has 1 aromatic rings. The van der Waals surface area contributed by atoms with Crippen molar-refractivity contribution in [1.29, 1.82) is 0 Å². The molecular weight excluding hydrogens is 258 g/mol. The zero-order valence-electron chi connectivity index (χ0n) is 10.9. The molecule has 1 aliphatic heterocycles. The van der Waals surface area contributed by atoms with E-state index in [1.807, 2.05) is 18.2 Å². The molecule has 19 heavy (non-hydrogen) atoms. The Morgan fingerprint density at radius 3 is 2.74 bits per heavy atom. The quantitative estimate of drug-likeness (QED) is 0.780. The molecule has 1 aromatic carbocycles. The number of unbranched alkanes of at least 4 members (excludes halogenated alkanes) is 1. The highest BCUT2D eigenvalue weighted by atomic mass is 32.2. The van der Waals surface area contributed by atoms with Crippen molar-refractivity contribution in [3.8, 4) is 0 Å². The molecule has 0 bridgehead atoms. The first-order valence-electron chi connectivity index (χ1n) is 6.48. The standard InChI is InChI=1S/C14H19N3OS/c15-14-17-16-13(11-19-14)8-4-5-9-18-10-12-6-2-1-3-7-12/h1-3,6-7H,4-5,8-11H2,(H2,15,17). The number of benzene rings is 1. The summed E-state index contributed by atoms with van der Waals surface area (Å²) in [6, 6.07) is 10.2. The number of hydrogen-bond acceptors (Lipinski definition) is 5. The van der Waals surface area contributed by atoms with Crippen molar-refractivity contribution in [2.45, 2.75) is 25.9 Å². The number of nitrogens with two attached hydrogens (primary N) is 1. The second-order valence-corrected chi connectivity index (χ2v) is 5.38. The van der Waals surface area contributed by atoms with Crippen molar-refractivity contribution in [3.63, 3.8) is 0 Å². The maximum atomic E-state index is 5.63. The fourth-order valence-corrected chi connectivity index (χ4v) is 2.37. The first-order chi connectivity index (χ1) is 9.34. The van der Waals surface area contributed by atoms with Gasteiger partial charge in [-0.15, -0.1) is 5.10 Å². The molecule has 1 heterocycles. The largest absolute Gasteiger partial charge is 0.377 e. The van der Waals surface area contributed by atoms with Crippen molar-refractivity contribution in [1.82, 2.24) is 0 Å². The summed E-state index contributed by atoms with van der Waals surface area (Å²) < 4.78 is 5.63. The number of amidine groups is 1. The van der Waals surface area contributed by atoms with Gasteiger partial charge in [-0.1, -0.05) is 42.1 Å². The van der Waals surface area contributed by atoms with E-state index < -0.39 is 0 Å². The van der Waals surface area contributed by atoms with Crippen LogP contribution in [-0.2, 0) is 11.3 Å². The van der Waals surface area contributed by atoms with E-state index >= 15 is 0 Å². The normalized spacial score (nSPS) is 14.9. The van der Waals surface area contributed by atoms with Crippen LogP contribution in [0.25, 0.3) is 0 Å². The average Bonchev–Trinajstić information content (AvgIpc) is 2.46. The molecule has 1 aliphatic rings. The summed E-state index contributed by atoms with van der Waals surface area (Å²) in [5.74, 6) is 0.875. The van der Waals surface area contributed by atoms with Crippen LogP contribution >= 0.6 is 11.8 Å². The van der Waals surface area contributed by atoms with Crippen molar-refractivity contribution < 1.29 is 4.74 Å². The smallest absolute Gasteiger partial charge is 0.180 e. The van der Waals surface area contributed by atoms with E-state index in [0.29, 0.717) is 11.8 Å². The van der Waals surface area contributed by atoms with Crippen LogP contribution in [0.5, 0.6) is 0 Å². The first kappa shape index (κ1) is 14.1. The lowest BCUT2D eigenvalue weighted by atomic mass is 10.2. The lowest BCUT2D eigenvalue weighted by molar-refractivity contribution is 0.117. The van der Waals surface area contributed by atoms with Crippen LogP contribution in [0.15, 0.2) is 40.5 Å². The Kier molecular flexibility index (Phi) is 5.91.